The summed E-state index contributed by atoms with van der Waals surface area (Å²) in [4.78, 5) is 18.3. The number of fused-ring (bicyclic) bond motifs is 1. The Morgan fingerprint density at radius 2 is 1.94 bits per heavy atom. The SMILES string of the molecule is CCNC(=NCCc1cccc(C(=O)N(C)C)c1)NCCOc1ccc2c(c1)OCO2.I. The number of benzene rings is 2. The third kappa shape index (κ3) is 7.47. The van der Waals surface area contributed by atoms with Crippen LogP contribution in [0, 0.1) is 0 Å². The normalized spacial score (nSPS) is 12.0. The highest BCUT2D eigenvalue weighted by Crippen LogP contribution is 2.34. The molecule has 0 bridgehead atoms. The molecule has 1 heterocycles. The molecule has 0 fully saturated rings. The van der Waals surface area contributed by atoms with E-state index < -0.39 is 0 Å². The molecule has 0 atom stereocenters. The van der Waals surface area contributed by atoms with Gasteiger partial charge in [-0.2, -0.15) is 0 Å². The van der Waals surface area contributed by atoms with Gasteiger partial charge in [0.05, 0.1) is 6.54 Å². The van der Waals surface area contributed by atoms with Crippen LogP contribution in [-0.2, 0) is 6.42 Å². The van der Waals surface area contributed by atoms with Crippen LogP contribution >= 0.6 is 24.0 Å². The Balaban J connectivity index is 0.00000363. The monoisotopic (exact) mass is 554 g/mol. The van der Waals surface area contributed by atoms with E-state index in [0.29, 0.717) is 31.0 Å². The van der Waals surface area contributed by atoms with E-state index >= 15 is 0 Å². The summed E-state index contributed by atoms with van der Waals surface area (Å²) in [5, 5.41) is 6.50. The Morgan fingerprint density at radius 1 is 1.12 bits per heavy atom. The lowest BCUT2D eigenvalue weighted by molar-refractivity contribution is 0.0827. The van der Waals surface area contributed by atoms with Gasteiger partial charge < -0.3 is 29.7 Å². The fourth-order valence-electron chi connectivity index (χ4n) is 3.06. The first-order valence-electron chi connectivity index (χ1n) is 10.4. The number of carbonyl (C=O) groups is 1. The van der Waals surface area contributed by atoms with E-state index in [0.717, 1.165) is 36.0 Å². The standard InChI is InChI=1S/C23H30N4O4.HI/c1-4-24-23(25-11-10-17-6-5-7-18(14-17)22(28)27(2)3)26-12-13-29-19-8-9-20-21(15-19)31-16-30-20;/h5-9,14-15H,4,10-13,16H2,1-3H3,(H2,24,25,26);1H. The summed E-state index contributed by atoms with van der Waals surface area (Å²) < 4.78 is 16.4. The van der Waals surface area contributed by atoms with Crippen LogP contribution in [-0.4, -0.2) is 63.9 Å². The van der Waals surface area contributed by atoms with Gasteiger partial charge in [0.15, 0.2) is 17.5 Å². The number of carbonyl (C=O) groups excluding carboxylic acids is 1. The molecule has 1 aliphatic rings. The molecule has 3 rings (SSSR count). The lowest BCUT2D eigenvalue weighted by Crippen LogP contribution is -2.39. The largest absolute Gasteiger partial charge is 0.492 e. The zero-order chi connectivity index (χ0) is 22.1. The van der Waals surface area contributed by atoms with Crippen molar-refractivity contribution < 1.29 is 19.0 Å². The predicted octanol–water partition coefficient (Wildman–Crippen LogP) is 2.91. The summed E-state index contributed by atoms with van der Waals surface area (Å²) >= 11 is 0. The van der Waals surface area contributed by atoms with E-state index in [9.17, 15) is 4.79 Å². The highest BCUT2D eigenvalue weighted by molar-refractivity contribution is 14.0. The summed E-state index contributed by atoms with van der Waals surface area (Å²) in [6.45, 7) is 4.74. The molecule has 0 aromatic heterocycles. The Morgan fingerprint density at radius 3 is 2.72 bits per heavy atom. The van der Waals surface area contributed by atoms with Gasteiger partial charge in [0.1, 0.15) is 12.4 Å². The number of ether oxygens (including phenoxy) is 3. The molecule has 0 spiro atoms. The van der Waals surface area contributed by atoms with Gasteiger partial charge in [0.2, 0.25) is 6.79 Å². The number of aliphatic imine (C=N–C) groups is 1. The number of hydrogen-bond acceptors (Lipinski definition) is 5. The van der Waals surface area contributed by atoms with E-state index in [2.05, 4.69) is 15.6 Å². The molecule has 0 saturated carbocycles. The maximum Gasteiger partial charge on any atom is 0.253 e. The van der Waals surface area contributed by atoms with Crippen LogP contribution in [0.15, 0.2) is 47.5 Å². The van der Waals surface area contributed by atoms with E-state index in [1.807, 2.05) is 49.4 Å². The maximum absolute atomic E-state index is 12.1. The van der Waals surface area contributed by atoms with Crippen molar-refractivity contribution in [3.63, 3.8) is 0 Å². The number of halogens is 1. The Hall–Kier alpha value is -2.69. The van der Waals surface area contributed by atoms with E-state index in [1.165, 1.54) is 0 Å². The molecule has 2 N–H and O–H groups in total. The zero-order valence-electron chi connectivity index (χ0n) is 18.7. The third-order valence-electron chi connectivity index (χ3n) is 4.60. The smallest absolute Gasteiger partial charge is 0.253 e. The molecular weight excluding hydrogens is 523 g/mol. The fraction of sp³-hybridized carbons (Fsp3) is 0.391. The van der Waals surface area contributed by atoms with Gasteiger partial charge >= 0.3 is 0 Å². The topological polar surface area (TPSA) is 84.4 Å². The van der Waals surface area contributed by atoms with Gasteiger partial charge in [0, 0.05) is 38.8 Å². The van der Waals surface area contributed by atoms with Gasteiger partial charge in [-0.05, 0) is 43.2 Å². The highest BCUT2D eigenvalue weighted by Gasteiger charge is 2.13. The summed E-state index contributed by atoms with van der Waals surface area (Å²) in [5.74, 6) is 2.92. The summed E-state index contributed by atoms with van der Waals surface area (Å²) in [6.07, 6.45) is 0.749. The number of rotatable bonds is 9. The van der Waals surface area contributed by atoms with Crippen molar-refractivity contribution >= 4 is 35.8 Å². The van der Waals surface area contributed by atoms with Crippen LogP contribution < -0.4 is 24.8 Å². The average Bonchev–Trinajstić information content (AvgIpc) is 3.24. The number of nitrogens with zero attached hydrogens (tertiary/aromatic N) is 2. The van der Waals surface area contributed by atoms with Crippen molar-refractivity contribution in [2.75, 3.05) is 47.1 Å². The fourth-order valence-corrected chi connectivity index (χ4v) is 3.06. The molecule has 0 aliphatic carbocycles. The second-order valence-corrected chi connectivity index (χ2v) is 7.20. The minimum absolute atomic E-state index is 0. The van der Waals surface area contributed by atoms with Gasteiger partial charge in [-0.15, -0.1) is 24.0 Å². The Bertz CT molecular complexity index is 921. The Labute approximate surface area is 206 Å². The summed E-state index contributed by atoms with van der Waals surface area (Å²) in [5.41, 5.74) is 1.77. The molecule has 0 saturated heterocycles. The number of nitrogens with one attached hydrogen (secondary N) is 2. The zero-order valence-corrected chi connectivity index (χ0v) is 21.1. The maximum atomic E-state index is 12.1. The minimum Gasteiger partial charge on any atom is -0.492 e. The molecule has 1 amide bonds. The third-order valence-corrected chi connectivity index (χ3v) is 4.60. The minimum atomic E-state index is 0. The number of guanidine groups is 1. The lowest BCUT2D eigenvalue weighted by Gasteiger charge is -2.13. The molecule has 2 aromatic rings. The summed E-state index contributed by atoms with van der Waals surface area (Å²) in [7, 11) is 3.51. The van der Waals surface area contributed by atoms with Crippen LogP contribution in [0.2, 0.25) is 0 Å². The second-order valence-electron chi connectivity index (χ2n) is 7.20. The van der Waals surface area contributed by atoms with Gasteiger partial charge in [0.25, 0.3) is 5.91 Å². The molecule has 32 heavy (non-hydrogen) atoms. The van der Waals surface area contributed by atoms with Crippen molar-refractivity contribution in [2.24, 2.45) is 4.99 Å². The molecule has 8 nitrogen and oxygen atoms in total. The van der Waals surface area contributed by atoms with Crippen LogP contribution in [0.4, 0.5) is 0 Å². The van der Waals surface area contributed by atoms with Crippen molar-refractivity contribution in [1.82, 2.24) is 15.5 Å². The van der Waals surface area contributed by atoms with E-state index in [4.69, 9.17) is 14.2 Å². The predicted molar refractivity (Wildman–Crippen MR) is 136 cm³/mol. The number of hydrogen-bond donors (Lipinski definition) is 2. The molecular formula is C23H31IN4O4. The van der Waals surface area contributed by atoms with E-state index in [1.54, 1.807) is 19.0 Å². The van der Waals surface area contributed by atoms with Gasteiger partial charge in [-0.1, -0.05) is 12.1 Å². The first-order chi connectivity index (χ1) is 15.1. The highest BCUT2D eigenvalue weighted by atomic mass is 127. The molecule has 174 valence electrons. The first-order valence-corrected chi connectivity index (χ1v) is 10.4. The average molecular weight is 554 g/mol. The molecule has 9 heteroatoms. The van der Waals surface area contributed by atoms with Gasteiger partial charge in [-0.25, -0.2) is 0 Å². The quantitative estimate of drug-likeness (QED) is 0.215. The molecule has 0 unspecified atom stereocenters. The first kappa shape index (κ1) is 25.6. The van der Waals surface area contributed by atoms with Crippen LogP contribution in [0.25, 0.3) is 0 Å². The van der Waals surface area contributed by atoms with E-state index in [-0.39, 0.29) is 36.7 Å². The molecule has 0 radical (unpaired) electrons. The van der Waals surface area contributed by atoms with Crippen LogP contribution in [0.3, 0.4) is 0 Å². The molecule has 1 aliphatic heterocycles. The van der Waals surface area contributed by atoms with Crippen molar-refractivity contribution in [3.05, 3.63) is 53.6 Å². The van der Waals surface area contributed by atoms with Crippen LogP contribution in [0.5, 0.6) is 17.2 Å². The second kappa shape index (κ2) is 13.0. The van der Waals surface area contributed by atoms with Crippen molar-refractivity contribution in [3.8, 4) is 17.2 Å². The number of amides is 1. The molecule has 2 aromatic carbocycles. The van der Waals surface area contributed by atoms with Crippen LogP contribution in [0.1, 0.15) is 22.8 Å². The van der Waals surface area contributed by atoms with Gasteiger partial charge in [-0.3, -0.25) is 9.79 Å². The summed E-state index contributed by atoms with van der Waals surface area (Å²) in [6, 6.07) is 13.2. The van der Waals surface area contributed by atoms with Crippen molar-refractivity contribution in [2.45, 2.75) is 13.3 Å². The lowest BCUT2D eigenvalue weighted by atomic mass is 10.1. The Kier molecular flexibility index (Phi) is 10.4. The van der Waals surface area contributed by atoms with Crippen molar-refractivity contribution in [1.29, 1.82) is 0 Å².